The smallest absolute Gasteiger partial charge is 0.115 e. The van der Waals surface area contributed by atoms with Crippen molar-refractivity contribution in [2.45, 2.75) is 44.1 Å². The van der Waals surface area contributed by atoms with Crippen LogP contribution in [0.15, 0.2) is 48.5 Å². The molecule has 2 N–H and O–H groups in total. The van der Waals surface area contributed by atoms with E-state index in [0.29, 0.717) is 18.1 Å². The number of phenols is 1. The maximum absolute atomic E-state index is 11.0. The molecule has 0 spiro atoms. The highest BCUT2D eigenvalue weighted by Crippen LogP contribution is 2.55. The molecule has 0 radical (unpaired) electrons. The molecule has 0 heterocycles. The van der Waals surface area contributed by atoms with Gasteiger partial charge < -0.3 is 10.2 Å². The normalized spacial score (nSPS) is 29.8. The number of aromatic hydroxyl groups is 1. The summed E-state index contributed by atoms with van der Waals surface area (Å²) in [5.41, 5.74) is 3.19. The van der Waals surface area contributed by atoms with Crippen LogP contribution in [0.2, 0.25) is 0 Å². The van der Waals surface area contributed by atoms with Gasteiger partial charge in [-0.05, 0) is 84.4 Å². The van der Waals surface area contributed by atoms with E-state index in [1.165, 1.54) is 16.7 Å². The predicted molar refractivity (Wildman–Crippen MR) is 104 cm³/mol. The number of benzene rings is 2. The van der Waals surface area contributed by atoms with Crippen LogP contribution in [-0.2, 0) is 12.8 Å². The molecule has 1 fully saturated rings. The molecule has 134 valence electrons. The molecule has 0 aromatic heterocycles. The first-order valence-corrected chi connectivity index (χ1v) is 9.68. The molecule has 0 aliphatic heterocycles. The Morgan fingerprint density at radius 1 is 1.08 bits per heavy atom. The Labute approximate surface area is 159 Å². The van der Waals surface area contributed by atoms with Gasteiger partial charge in [0.1, 0.15) is 5.75 Å². The Bertz CT molecular complexity index is 852. The van der Waals surface area contributed by atoms with Gasteiger partial charge in [-0.1, -0.05) is 42.3 Å². The van der Waals surface area contributed by atoms with Crippen LogP contribution in [0.1, 0.15) is 41.9 Å². The number of aryl methyl sites for hydroxylation is 1. The van der Waals surface area contributed by atoms with Gasteiger partial charge in [0.05, 0.1) is 11.5 Å². The molecule has 2 unspecified atom stereocenters. The van der Waals surface area contributed by atoms with E-state index in [-0.39, 0.29) is 5.92 Å². The molecular weight excluding hydrogens is 344 g/mol. The fourth-order valence-electron chi connectivity index (χ4n) is 5.21. The first-order valence-electron chi connectivity index (χ1n) is 9.30. The van der Waals surface area contributed by atoms with E-state index in [4.69, 9.17) is 11.6 Å². The highest BCUT2D eigenvalue weighted by Gasteiger charge is 2.52. The number of hydrogen-bond acceptors (Lipinski definition) is 2. The van der Waals surface area contributed by atoms with Gasteiger partial charge >= 0.3 is 0 Å². The second kappa shape index (κ2) is 6.99. The largest absolute Gasteiger partial charge is 0.508 e. The van der Waals surface area contributed by atoms with E-state index in [1.807, 2.05) is 24.3 Å². The van der Waals surface area contributed by atoms with Crippen LogP contribution in [0.25, 0.3) is 0 Å². The van der Waals surface area contributed by atoms with Crippen LogP contribution in [0.3, 0.4) is 0 Å². The average molecular weight is 367 g/mol. The molecule has 2 aliphatic carbocycles. The summed E-state index contributed by atoms with van der Waals surface area (Å²) in [4.78, 5) is 0. The first-order chi connectivity index (χ1) is 12.6. The van der Waals surface area contributed by atoms with Crippen molar-refractivity contribution in [2.24, 2.45) is 11.3 Å². The van der Waals surface area contributed by atoms with Crippen LogP contribution in [0.5, 0.6) is 5.75 Å². The number of aliphatic hydroxyl groups excluding tert-OH is 1. The number of phenolic OH excluding ortho intramolecular Hbond substituents is 1. The third-order valence-corrected chi connectivity index (χ3v) is 6.46. The summed E-state index contributed by atoms with van der Waals surface area (Å²) in [6, 6.07) is 16.0. The SMILES string of the molecule is Oc1ccc2c(c1)CC[C@@H]1C2CC[C@@H](O)C1(C#CCl)Cc1ccccc1. The van der Waals surface area contributed by atoms with Crippen molar-refractivity contribution in [1.29, 1.82) is 0 Å². The molecule has 1 saturated carbocycles. The van der Waals surface area contributed by atoms with Crippen LogP contribution in [0.4, 0.5) is 0 Å². The van der Waals surface area contributed by atoms with Gasteiger partial charge in [0.2, 0.25) is 0 Å². The van der Waals surface area contributed by atoms with Gasteiger partial charge in [-0.15, -0.1) is 0 Å². The summed E-state index contributed by atoms with van der Waals surface area (Å²) in [7, 11) is 0. The molecular formula is C23H23ClO2. The maximum atomic E-state index is 11.0. The second-order valence-electron chi connectivity index (χ2n) is 7.65. The predicted octanol–water partition coefficient (Wildman–Crippen LogP) is 4.62. The van der Waals surface area contributed by atoms with E-state index >= 15 is 0 Å². The summed E-state index contributed by atoms with van der Waals surface area (Å²) < 4.78 is 0. The zero-order valence-corrected chi connectivity index (χ0v) is 15.4. The quantitative estimate of drug-likeness (QED) is 0.761. The molecule has 4 rings (SSSR count). The van der Waals surface area contributed by atoms with E-state index in [1.54, 1.807) is 6.07 Å². The van der Waals surface area contributed by atoms with Crippen LogP contribution < -0.4 is 0 Å². The topological polar surface area (TPSA) is 40.5 Å². The van der Waals surface area contributed by atoms with Crippen molar-refractivity contribution in [1.82, 2.24) is 0 Å². The van der Waals surface area contributed by atoms with Crippen molar-refractivity contribution in [3.63, 3.8) is 0 Å². The zero-order valence-electron chi connectivity index (χ0n) is 14.7. The van der Waals surface area contributed by atoms with Crippen LogP contribution in [0, 0.1) is 22.6 Å². The van der Waals surface area contributed by atoms with Crippen molar-refractivity contribution in [2.75, 3.05) is 0 Å². The Balaban J connectivity index is 1.77. The highest BCUT2D eigenvalue weighted by atomic mass is 35.5. The Morgan fingerprint density at radius 3 is 2.65 bits per heavy atom. The Kier molecular flexibility index (Phi) is 4.69. The molecule has 2 aliphatic rings. The minimum Gasteiger partial charge on any atom is -0.508 e. The Hall–Kier alpha value is -1.95. The molecule has 26 heavy (non-hydrogen) atoms. The zero-order chi connectivity index (χ0) is 18.1. The minimum absolute atomic E-state index is 0.259. The van der Waals surface area contributed by atoms with Gasteiger partial charge in [-0.25, -0.2) is 0 Å². The maximum Gasteiger partial charge on any atom is 0.115 e. The Morgan fingerprint density at radius 2 is 1.88 bits per heavy atom. The number of aliphatic hydroxyl groups is 1. The molecule has 2 nitrogen and oxygen atoms in total. The molecule has 2 aromatic rings. The lowest BCUT2D eigenvalue weighted by atomic mass is 9.53. The van der Waals surface area contributed by atoms with Gasteiger partial charge in [-0.3, -0.25) is 0 Å². The monoisotopic (exact) mass is 366 g/mol. The van der Waals surface area contributed by atoms with Crippen LogP contribution in [-0.4, -0.2) is 16.3 Å². The standard InChI is InChI=1S/C23H23ClO2/c24-13-12-23(15-16-4-2-1-3-5-16)21-10-6-17-14-18(25)7-8-19(17)20(21)9-11-22(23)26/h1-5,7-8,14,20-22,25-26H,6,9-11,15H2/t20?,21-,22-,23?/m1/s1. The molecule has 3 heteroatoms. The lowest BCUT2D eigenvalue weighted by Crippen LogP contribution is -2.50. The summed E-state index contributed by atoms with van der Waals surface area (Å²) in [5.74, 6) is 4.19. The van der Waals surface area contributed by atoms with E-state index in [2.05, 4.69) is 29.5 Å². The number of hydrogen-bond donors (Lipinski definition) is 2. The van der Waals surface area contributed by atoms with Gasteiger partial charge in [-0.2, -0.15) is 0 Å². The van der Waals surface area contributed by atoms with Crippen molar-refractivity contribution < 1.29 is 10.2 Å². The number of fused-ring (bicyclic) bond motifs is 3. The van der Waals surface area contributed by atoms with Crippen molar-refractivity contribution in [3.8, 4) is 17.0 Å². The lowest BCUT2D eigenvalue weighted by molar-refractivity contribution is -0.0310. The third kappa shape index (κ3) is 2.90. The molecule has 0 amide bonds. The number of rotatable bonds is 2. The second-order valence-corrected chi connectivity index (χ2v) is 7.84. The summed E-state index contributed by atoms with van der Waals surface area (Å²) in [6.45, 7) is 0. The third-order valence-electron chi connectivity index (χ3n) is 6.36. The van der Waals surface area contributed by atoms with E-state index < -0.39 is 11.5 Å². The highest BCUT2D eigenvalue weighted by molar-refractivity contribution is 6.30. The van der Waals surface area contributed by atoms with Gasteiger partial charge in [0, 0.05) is 5.38 Å². The summed E-state index contributed by atoms with van der Waals surface area (Å²) in [6.07, 6.45) is 3.76. The molecule has 0 bridgehead atoms. The van der Waals surface area contributed by atoms with E-state index in [9.17, 15) is 10.2 Å². The van der Waals surface area contributed by atoms with Crippen molar-refractivity contribution >= 4 is 11.6 Å². The fourth-order valence-corrected chi connectivity index (χ4v) is 5.38. The first kappa shape index (κ1) is 17.5. The van der Waals surface area contributed by atoms with Crippen LogP contribution >= 0.6 is 11.6 Å². The minimum atomic E-state index is -0.526. The average Bonchev–Trinajstić information content (AvgIpc) is 2.65. The molecule has 0 saturated heterocycles. The van der Waals surface area contributed by atoms with Gasteiger partial charge in [0.25, 0.3) is 0 Å². The summed E-state index contributed by atoms with van der Waals surface area (Å²) >= 11 is 5.90. The summed E-state index contributed by atoms with van der Waals surface area (Å²) in [5, 5.41) is 23.5. The molecule has 2 aromatic carbocycles. The van der Waals surface area contributed by atoms with Crippen molar-refractivity contribution in [3.05, 3.63) is 65.2 Å². The molecule has 4 atom stereocenters. The van der Waals surface area contributed by atoms with E-state index in [0.717, 1.165) is 25.7 Å². The van der Waals surface area contributed by atoms with Gasteiger partial charge in [0.15, 0.2) is 0 Å². The fraction of sp³-hybridized carbons (Fsp3) is 0.391. The number of halogens is 1. The lowest BCUT2D eigenvalue weighted by Gasteiger charge is -2.51.